The minimum absolute atomic E-state index is 0.00250. The van der Waals surface area contributed by atoms with E-state index in [2.05, 4.69) is 10.3 Å². The molecule has 1 amide bonds. The van der Waals surface area contributed by atoms with Crippen LogP contribution in [0, 0.1) is 18.3 Å². The Hall–Kier alpha value is -3.63. The van der Waals surface area contributed by atoms with Crippen molar-refractivity contribution in [2.45, 2.75) is 27.2 Å². The number of ether oxygens (including phenoxy) is 2. The SMILES string of the molecule is CCCOc1ccc(/C=C(\C#N)C(=O)Nc2nc(-c3ccc(OCC)cc3)c(C)s2)cc1. The Balaban J connectivity index is 1.72. The molecule has 0 spiro atoms. The van der Waals surface area contributed by atoms with Gasteiger partial charge in [-0.15, -0.1) is 11.3 Å². The lowest BCUT2D eigenvalue weighted by Gasteiger charge is -2.05. The van der Waals surface area contributed by atoms with Crippen molar-refractivity contribution in [1.82, 2.24) is 4.98 Å². The first kappa shape index (κ1) is 23.0. The molecule has 0 fully saturated rings. The van der Waals surface area contributed by atoms with Gasteiger partial charge in [0.05, 0.1) is 18.9 Å². The predicted molar refractivity (Wildman–Crippen MR) is 128 cm³/mol. The number of carbonyl (C=O) groups excluding carboxylic acids is 1. The summed E-state index contributed by atoms with van der Waals surface area (Å²) in [6.45, 7) is 7.18. The molecule has 0 bridgehead atoms. The van der Waals surface area contributed by atoms with Crippen molar-refractivity contribution >= 4 is 28.5 Å². The minimum Gasteiger partial charge on any atom is -0.494 e. The van der Waals surface area contributed by atoms with Gasteiger partial charge < -0.3 is 9.47 Å². The van der Waals surface area contributed by atoms with Crippen molar-refractivity contribution in [1.29, 1.82) is 5.26 Å². The van der Waals surface area contributed by atoms with Crippen LogP contribution in [0.1, 0.15) is 30.7 Å². The van der Waals surface area contributed by atoms with Crippen molar-refractivity contribution in [2.75, 3.05) is 18.5 Å². The van der Waals surface area contributed by atoms with E-state index >= 15 is 0 Å². The van der Waals surface area contributed by atoms with Gasteiger partial charge in [-0.2, -0.15) is 5.26 Å². The summed E-state index contributed by atoms with van der Waals surface area (Å²) in [6.07, 6.45) is 2.48. The maximum Gasteiger partial charge on any atom is 0.268 e. The Labute approximate surface area is 192 Å². The monoisotopic (exact) mass is 447 g/mol. The number of hydrogen-bond acceptors (Lipinski definition) is 6. The number of hydrogen-bond donors (Lipinski definition) is 1. The minimum atomic E-state index is -0.495. The highest BCUT2D eigenvalue weighted by Gasteiger charge is 2.15. The standard InChI is InChI=1S/C25H25N3O3S/c1-4-14-31-22-10-6-18(7-11-22)15-20(16-26)24(29)28-25-27-23(17(3)32-25)19-8-12-21(13-9-19)30-5-2/h6-13,15H,4-5,14H2,1-3H3,(H,27,28,29)/b20-15+. The number of aromatic nitrogens is 1. The van der Waals surface area contributed by atoms with Gasteiger partial charge in [-0.25, -0.2) is 4.98 Å². The van der Waals surface area contributed by atoms with Gasteiger partial charge in [-0.3, -0.25) is 10.1 Å². The van der Waals surface area contributed by atoms with Gasteiger partial charge in [0.15, 0.2) is 5.13 Å². The summed E-state index contributed by atoms with van der Waals surface area (Å²) < 4.78 is 11.0. The van der Waals surface area contributed by atoms with Crippen molar-refractivity contribution in [3.05, 3.63) is 64.5 Å². The van der Waals surface area contributed by atoms with E-state index in [9.17, 15) is 10.1 Å². The summed E-state index contributed by atoms with van der Waals surface area (Å²) >= 11 is 1.37. The van der Waals surface area contributed by atoms with Crippen LogP contribution in [-0.4, -0.2) is 24.1 Å². The zero-order valence-corrected chi connectivity index (χ0v) is 19.2. The molecule has 164 valence electrons. The second kappa shape index (κ2) is 11.1. The lowest BCUT2D eigenvalue weighted by atomic mass is 10.1. The van der Waals surface area contributed by atoms with Gasteiger partial charge in [0.1, 0.15) is 23.1 Å². The van der Waals surface area contributed by atoms with Crippen LogP contribution in [0.4, 0.5) is 5.13 Å². The van der Waals surface area contributed by atoms with Gasteiger partial charge in [-0.05, 0) is 68.3 Å². The van der Waals surface area contributed by atoms with E-state index in [1.54, 1.807) is 6.08 Å². The van der Waals surface area contributed by atoms with Crippen LogP contribution in [-0.2, 0) is 4.79 Å². The highest BCUT2D eigenvalue weighted by Crippen LogP contribution is 2.31. The first-order valence-corrected chi connectivity index (χ1v) is 11.2. The fourth-order valence-corrected chi connectivity index (χ4v) is 3.78. The molecule has 7 heteroatoms. The maximum atomic E-state index is 12.7. The van der Waals surface area contributed by atoms with Crippen LogP contribution in [0.5, 0.6) is 11.5 Å². The Bertz CT molecular complexity index is 1130. The van der Waals surface area contributed by atoms with E-state index < -0.39 is 5.91 Å². The summed E-state index contributed by atoms with van der Waals surface area (Å²) in [5, 5.41) is 12.7. The molecule has 0 atom stereocenters. The lowest BCUT2D eigenvalue weighted by Crippen LogP contribution is -2.13. The third-order valence-corrected chi connectivity index (χ3v) is 5.37. The lowest BCUT2D eigenvalue weighted by molar-refractivity contribution is -0.112. The Kier molecular flexibility index (Phi) is 8.01. The topological polar surface area (TPSA) is 84.2 Å². The Morgan fingerprint density at radius 2 is 1.75 bits per heavy atom. The largest absolute Gasteiger partial charge is 0.494 e. The van der Waals surface area contributed by atoms with E-state index in [0.29, 0.717) is 18.3 Å². The first-order chi connectivity index (χ1) is 15.5. The molecule has 2 aromatic carbocycles. The van der Waals surface area contributed by atoms with Gasteiger partial charge in [0.25, 0.3) is 5.91 Å². The molecule has 0 radical (unpaired) electrons. The van der Waals surface area contributed by atoms with Crippen LogP contribution >= 0.6 is 11.3 Å². The number of benzene rings is 2. The predicted octanol–water partition coefficient (Wildman–Crippen LogP) is 5.85. The van der Waals surface area contributed by atoms with E-state index in [1.807, 2.05) is 75.4 Å². The summed E-state index contributed by atoms with van der Waals surface area (Å²) in [7, 11) is 0. The van der Waals surface area contributed by atoms with Crippen molar-refractivity contribution in [2.24, 2.45) is 0 Å². The fourth-order valence-electron chi connectivity index (χ4n) is 2.95. The molecule has 0 saturated carbocycles. The smallest absolute Gasteiger partial charge is 0.268 e. The van der Waals surface area contributed by atoms with Gasteiger partial charge >= 0.3 is 0 Å². The number of anilines is 1. The second-order valence-electron chi connectivity index (χ2n) is 6.92. The highest BCUT2D eigenvalue weighted by molar-refractivity contribution is 7.16. The maximum absolute atomic E-state index is 12.7. The molecule has 32 heavy (non-hydrogen) atoms. The van der Waals surface area contributed by atoms with Crippen LogP contribution < -0.4 is 14.8 Å². The van der Waals surface area contributed by atoms with E-state index in [-0.39, 0.29) is 5.57 Å². The number of rotatable bonds is 9. The summed E-state index contributed by atoms with van der Waals surface area (Å²) in [6, 6.07) is 16.9. The Morgan fingerprint density at radius 1 is 1.09 bits per heavy atom. The zero-order valence-electron chi connectivity index (χ0n) is 18.3. The highest BCUT2D eigenvalue weighted by atomic mass is 32.1. The van der Waals surface area contributed by atoms with Crippen LogP contribution in [0.3, 0.4) is 0 Å². The average molecular weight is 448 g/mol. The molecule has 0 aliphatic heterocycles. The number of nitriles is 1. The van der Waals surface area contributed by atoms with E-state index in [1.165, 1.54) is 11.3 Å². The summed E-state index contributed by atoms with van der Waals surface area (Å²) in [5.41, 5.74) is 2.47. The molecule has 0 unspecified atom stereocenters. The molecule has 6 nitrogen and oxygen atoms in total. The molecule has 0 aliphatic rings. The molecular formula is C25H25N3O3S. The second-order valence-corrected chi connectivity index (χ2v) is 8.13. The van der Waals surface area contributed by atoms with Crippen LogP contribution in [0.2, 0.25) is 0 Å². The van der Waals surface area contributed by atoms with Crippen LogP contribution in [0.25, 0.3) is 17.3 Å². The molecule has 1 N–H and O–H groups in total. The van der Waals surface area contributed by atoms with Gasteiger partial charge in [-0.1, -0.05) is 19.1 Å². The number of carbonyl (C=O) groups is 1. The van der Waals surface area contributed by atoms with Crippen molar-refractivity contribution in [3.63, 3.8) is 0 Å². The van der Waals surface area contributed by atoms with Gasteiger partial charge in [0.2, 0.25) is 0 Å². The number of amides is 1. The van der Waals surface area contributed by atoms with Crippen molar-refractivity contribution < 1.29 is 14.3 Å². The summed E-state index contributed by atoms with van der Waals surface area (Å²) in [4.78, 5) is 18.2. The third kappa shape index (κ3) is 5.96. The zero-order chi connectivity index (χ0) is 22.9. The quantitative estimate of drug-likeness (QED) is 0.328. The van der Waals surface area contributed by atoms with E-state index in [4.69, 9.17) is 9.47 Å². The average Bonchev–Trinajstić information content (AvgIpc) is 3.17. The molecular weight excluding hydrogens is 422 g/mol. The molecule has 1 heterocycles. The fraction of sp³-hybridized carbons (Fsp3) is 0.240. The third-order valence-electron chi connectivity index (χ3n) is 4.48. The number of aryl methyl sites for hydroxylation is 1. The normalized spacial score (nSPS) is 11.0. The van der Waals surface area contributed by atoms with E-state index in [0.717, 1.165) is 39.6 Å². The molecule has 0 saturated heterocycles. The molecule has 1 aromatic heterocycles. The first-order valence-electron chi connectivity index (χ1n) is 10.4. The number of nitrogens with zero attached hydrogens (tertiary/aromatic N) is 2. The van der Waals surface area contributed by atoms with Crippen LogP contribution in [0.15, 0.2) is 54.1 Å². The molecule has 3 rings (SSSR count). The van der Waals surface area contributed by atoms with Crippen molar-refractivity contribution in [3.8, 4) is 28.8 Å². The number of nitrogens with one attached hydrogen (secondary N) is 1. The molecule has 0 aliphatic carbocycles. The van der Waals surface area contributed by atoms with Gasteiger partial charge in [0, 0.05) is 10.4 Å². The number of thiazole rings is 1. The molecule has 3 aromatic rings. The summed E-state index contributed by atoms with van der Waals surface area (Å²) in [5.74, 6) is 1.06. The Morgan fingerprint density at radius 3 is 2.38 bits per heavy atom.